The highest BCUT2D eigenvalue weighted by atomic mass is 33.1. The molecule has 0 saturated carbocycles. The number of rotatable bonds is 29. The van der Waals surface area contributed by atoms with Crippen LogP contribution in [0.2, 0.25) is 0 Å². The summed E-state index contributed by atoms with van der Waals surface area (Å²) in [5.74, 6) is 0.323. The van der Waals surface area contributed by atoms with Crippen LogP contribution >= 0.6 is 33.3 Å². The Morgan fingerprint density at radius 2 is 1.74 bits per heavy atom. The molecule has 2 aliphatic heterocycles. The Labute approximate surface area is 391 Å². The average Bonchev–Trinajstić information content (AvgIpc) is 4.02. The highest BCUT2D eigenvalue weighted by Crippen LogP contribution is 2.33. The second kappa shape index (κ2) is 25.9. The first-order chi connectivity index (χ1) is 32.0. The van der Waals surface area contributed by atoms with Crippen LogP contribution in [0.1, 0.15) is 60.3 Å². The van der Waals surface area contributed by atoms with Crippen LogP contribution in [-0.2, 0) is 43.6 Å². The van der Waals surface area contributed by atoms with E-state index in [2.05, 4.69) is 62.1 Å². The summed E-state index contributed by atoms with van der Waals surface area (Å²) < 4.78 is 12.9. The maximum Gasteiger partial charge on any atom is 0.326 e. The first-order valence-electron chi connectivity index (χ1n) is 21.4. The minimum Gasteiger partial charge on any atom is -0.480 e. The van der Waals surface area contributed by atoms with Crippen LogP contribution in [0.5, 0.6) is 0 Å². The van der Waals surface area contributed by atoms with Crippen molar-refractivity contribution in [2.45, 2.75) is 81.6 Å². The summed E-state index contributed by atoms with van der Waals surface area (Å²) in [6.45, 7) is 2.82. The zero-order valence-electron chi connectivity index (χ0n) is 36.0. The smallest absolute Gasteiger partial charge is 0.326 e. The number of fused-ring (bicyclic) bond motifs is 2. The lowest BCUT2D eigenvalue weighted by Gasteiger charge is -2.16. The highest BCUT2D eigenvalue weighted by molar-refractivity contribution is 8.76. The zero-order chi connectivity index (χ0) is 46.7. The number of aryl methyl sites for hydroxylation is 1. The molecular weight excluding hydrogens is 917 g/mol. The van der Waals surface area contributed by atoms with Crippen LogP contribution in [-0.4, -0.2) is 143 Å². The predicted octanol–water partition coefficient (Wildman–Crippen LogP) is 1.04. The van der Waals surface area contributed by atoms with E-state index in [1.165, 1.54) is 18.3 Å². The first-order valence-corrected chi connectivity index (χ1v) is 24.9. The Bertz CT molecular complexity index is 2320. The lowest BCUT2D eigenvalue weighted by molar-refractivity contribution is -0.139. The number of nitrogens with zero attached hydrogens (tertiary/aromatic N) is 6. The van der Waals surface area contributed by atoms with Gasteiger partial charge < -0.3 is 52.2 Å². The van der Waals surface area contributed by atoms with Crippen LogP contribution in [0.4, 0.5) is 16.4 Å². The standard InChI is InChI=1S/C40H54N14O9S3/c41-39-50-35-34(37(58)51-39)46-26(20-45-35)19-44-25-7-5-24(6-8-25)36(57)47-28(38(59)60)9-10-32(56)42-11-14-62-15-16-63-22-27-21-54(53-52-27)13-18-66-65-17-12-43-31(55)4-2-1-3-30-33-29(23-64-30)48-40(61)49-33/h5-8,20-21,28-30,33,44H,1-4,9-19,22-23H2,(H,42,56)(H,43,55)(H,47,57)(H,59,60)(H2,48,49,61)(H3,41,45,50,51,58)/t28-,29-,30-,33-/m0/s1. The van der Waals surface area contributed by atoms with E-state index in [0.717, 1.165) is 36.5 Å². The van der Waals surface area contributed by atoms with Gasteiger partial charge in [-0.05, 0) is 43.5 Å². The minimum atomic E-state index is -1.29. The molecule has 5 heterocycles. The lowest BCUT2D eigenvalue weighted by atomic mass is 10.0. The minimum absolute atomic E-state index is 0.0513. The van der Waals surface area contributed by atoms with Gasteiger partial charge in [-0.25, -0.2) is 19.6 Å². The van der Waals surface area contributed by atoms with Gasteiger partial charge in [0.2, 0.25) is 17.8 Å². The molecule has 0 aliphatic carbocycles. The molecule has 10 N–H and O–H groups in total. The molecule has 0 bridgehead atoms. The van der Waals surface area contributed by atoms with Crippen LogP contribution in [0, 0.1) is 0 Å². The Morgan fingerprint density at radius 3 is 2.58 bits per heavy atom. The zero-order valence-corrected chi connectivity index (χ0v) is 38.4. The van der Waals surface area contributed by atoms with Crippen molar-refractivity contribution in [2.24, 2.45) is 0 Å². The number of carbonyl (C=O) groups is 5. The van der Waals surface area contributed by atoms with Crippen molar-refractivity contribution < 1.29 is 38.6 Å². The van der Waals surface area contributed by atoms with Gasteiger partial charge in [0.05, 0.1) is 69.7 Å². The van der Waals surface area contributed by atoms with Gasteiger partial charge in [0.25, 0.3) is 11.5 Å². The molecule has 0 radical (unpaired) electrons. The number of H-pyrrole nitrogens is 1. The number of unbranched alkanes of at least 4 members (excludes halogenated alkanes) is 1. The van der Waals surface area contributed by atoms with Crippen LogP contribution < -0.4 is 43.2 Å². The van der Waals surface area contributed by atoms with E-state index in [4.69, 9.17) is 15.2 Å². The second-order valence-corrected chi connectivity index (χ2v) is 19.1. The molecule has 2 saturated heterocycles. The fraction of sp³-hybridized carbons (Fsp3) is 0.525. The largest absolute Gasteiger partial charge is 0.480 e. The van der Waals surface area contributed by atoms with Crippen molar-refractivity contribution in [3.63, 3.8) is 0 Å². The van der Waals surface area contributed by atoms with E-state index >= 15 is 0 Å². The van der Waals surface area contributed by atoms with E-state index in [1.54, 1.807) is 38.4 Å². The molecule has 2 fully saturated rings. The third-order valence-electron chi connectivity index (χ3n) is 10.2. The summed E-state index contributed by atoms with van der Waals surface area (Å²) in [5.41, 5.74) is 7.22. The van der Waals surface area contributed by atoms with Crippen LogP contribution in [0.15, 0.2) is 41.5 Å². The first kappa shape index (κ1) is 49.7. The highest BCUT2D eigenvalue weighted by Gasteiger charge is 2.42. The fourth-order valence-corrected chi connectivity index (χ4v) is 10.3. The number of aromatic amines is 1. The topological polar surface area (TPSA) is 324 Å². The maximum absolute atomic E-state index is 12.8. The number of aliphatic carboxylic acids is 1. The monoisotopic (exact) mass is 970 g/mol. The molecule has 1 aromatic carbocycles. The number of hydrogen-bond donors (Lipinski definition) is 9. The van der Waals surface area contributed by atoms with Gasteiger partial charge in [-0.1, -0.05) is 33.2 Å². The molecule has 2 aliphatic rings. The second-order valence-electron chi connectivity index (χ2n) is 15.2. The van der Waals surface area contributed by atoms with Crippen molar-refractivity contribution in [2.75, 3.05) is 61.2 Å². The number of amides is 5. The summed E-state index contributed by atoms with van der Waals surface area (Å²) in [6.07, 6.45) is 6.37. The average molecular weight is 971 g/mol. The SMILES string of the molecule is Nc1nc2ncc(CNc3ccc(C(=O)N[C@@H](CCC(=O)NCCOCCOCc4cn(CCSSCCNC(=O)CCCC[C@@H]5SC[C@@H]6NC(=O)N[C@@H]65)nn4)C(=O)O)cc3)nc2c(=O)[nH]1. The molecule has 6 rings (SSSR count). The number of nitrogens with two attached hydrogens (primary N) is 1. The molecule has 23 nitrogen and oxygen atoms in total. The molecular formula is C40H54N14O9S3. The molecule has 66 heavy (non-hydrogen) atoms. The Morgan fingerprint density at radius 1 is 0.955 bits per heavy atom. The Balaban J connectivity index is 0.731. The van der Waals surface area contributed by atoms with Crippen molar-refractivity contribution >= 4 is 85.9 Å². The number of ether oxygens (including phenoxy) is 2. The fourth-order valence-electron chi connectivity index (χ4n) is 6.87. The predicted molar refractivity (Wildman–Crippen MR) is 250 cm³/mol. The summed E-state index contributed by atoms with van der Waals surface area (Å²) in [5, 5.41) is 35.6. The Kier molecular flexibility index (Phi) is 19.5. The Hall–Kier alpha value is -5.70. The number of nitrogen functional groups attached to an aromatic ring is 1. The molecule has 5 amide bonds. The third-order valence-corrected chi connectivity index (χ3v) is 14.1. The number of anilines is 2. The normalized spacial score (nSPS) is 16.8. The number of carboxylic acid groups (broad SMARTS) is 1. The number of thioether (sulfide) groups is 1. The number of carbonyl (C=O) groups excluding carboxylic acids is 4. The summed E-state index contributed by atoms with van der Waals surface area (Å²) in [6, 6.07) is 5.38. The quantitative estimate of drug-likeness (QED) is 0.0208. The van der Waals surface area contributed by atoms with Gasteiger partial charge in [-0.3, -0.25) is 28.8 Å². The summed E-state index contributed by atoms with van der Waals surface area (Å²) in [4.78, 5) is 87.6. The third kappa shape index (κ3) is 16.0. The van der Waals surface area contributed by atoms with Gasteiger partial charge in [-0.15, -0.1) is 5.10 Å². The lowest BCUT2D eigenvalue weighted by Crippen LogP contribution is -2.41. The molecule has 0 unspecified atom stereocenters. The van der Waals surface area contributed by atoms with Gasteiger partial charge >= 0.3 is 12.0 Å². The van der Waals surface area contributed by atoms with Crippen molar-refractivity contribution in [3.8, 4) is 0 Å². The number of aromatic nitrogens is 7. The van der Waals surface area contributed by atoms with Crippen LogP contribution in [0.25, 0.3) is 11.2 Å². The van der Waals surface area contributed by atoms with E-state index < -0.39 is 23.5 Å². The molecule has 0 spiro atoms. The van der Waals surface area contributed by atoms with E-state index in [1.807, 2.05) is 18.0 Å². The van der Waals surface area contributed by atoms with Gasteiger partial charge in [0.1, 0.15) is 11.7 Å². The maximum atomic E-state index is 12.8. The number of carboxylic acids is 1. The molecule has 3 aromatic heterocycles. The molecule has 356 valence electrons. The summed E-state index contributed by atoms with van der Waals surface area (Å²) in [7, 11) is 3.40. The van der Waals surface area contributed by atoms with E-state index in [-0.39, 0.29) is 91.7 Å². The van der Waals surface area contributed by atoms with Crippen molar-refractivity contribution in [3.05, 3.63) is 64.0 Å². The van der Waals surface area contributed by atoms with Crippen LogP contribution in [0.3, 0.4) is 0 Å². The van der Waals surface area contributed by atoms with E-state index in [0.29, 0.717) is 55.0 Å². The number of nitrogens with one attached hydrogen (secondary N) is 7. The molecule has 4 atom stereocenters. The van der Waals surface area contributed by atoms with Crippen molar-refractivity contribution in [1.29, 1.82) is 0 Å². The van der Waals surface area contributed by atoms with Gasteiger partial charge in [0, 0.05) is 59.7 Å². The van der Waals surface area contributed by atoms with Gasteiger partial charge in [0.15, 0.2) is 11.2 Å². The number of benzene rings is 1. The van der Waals surface area contributed by atoms with E-state index in [9.17, 15) is 33.9 Å². The number of urea groups is 1. The van der Waals surface area contributed by atoms with Gasteiger partial charge in [-0.2, -0.15) is 16.7 Å². The molecule has 4 aromatic rings. The summed E-state index contributed by atoms with van der Waals surface area (Å²) >= 11 is 1.89. The van der Waals surface area contributed by atoms with Crippen molar-refractivity contribution in [1.82, 2.24) is 61.5 Å². The number of hydrogen-bond acceptors (Lipinski definition) is 18. The molecule has 26 heteroatoms.